The Balaban J connectivity index is 2.45. The molecule has 0 unspecified atom stereocenters. The highest BCUT2D eigenvalue weighted by Crippen LogP contribution is 2.23. The smallest absolute Gasteiger partial charge is 0.0576 e. The van der Waals surface area contributed by atoms with Gasteiger partial charge in [0.25, 0.3) is 0 Å². The summed E-state index contributed by atoms with van der Waals surface area (Å²) in [5, 5.41) is 3.44. The van der Waals surface area contributed by atoms with Gasteiger partial charge in [0.05, 0.1) is 11.4 Å². The minimum atomic E-state index is 0.831. The molecule has 1 aromatic rings. The van der Waals surface area contributed by atoms with Crippen LogP contribution in [-0.4, -0.2) is 6.54 Å². The van der Waals surface area contributed by atoms with E-state index in [4.69, 9.17) is 5.73 Å². The zero-order valence-electron chi connectivity index (χ0n) is 13.7. The van der Waals surface area contributed by atoms with Crippen LogP contribution in [-0.2, 0) is 0 Å². The lowest BCUT2D eigenvalue weighted by Gasteiger charge is -2.12. The first-order valence-electron chi connectivity index (χ1n) is 7.63. The summed E-state index contributed by atoms with van der Waals surface area (Å²) < 4.78 is 0. The zero-order chi connectivity index (χ0) is 15.7. The van der Waals surface area contributed by atoms with Crippen molar-refractivity contribution in [3.63, 3.8) is 0 Å². The van der Waals surface area contributed by atoms with E-state index in [1.165, 1.54) is 16.7 Å². The number of nitrogens with one attached hydrogen (secondary N) is 1. The number of nitrogens with two attached hydrogens (primary N) is 1. The summed E-state index contributed by atoms with van der Waals surface area (Å²) in [4.78, 5) is 0. The molecule has 0 aliphatic heterocycles. The van der Waals surface area contributed by atoms with Crippen LogP contribution in [0, 0.1) is 13.8 Å². The highest BCUT2D eigenvalue weighted by molar-refractivity contribution is 5.68. The van der Waals surface area contributed by atoms with Crippen LogP contribution in [0.1, 0.15) is 37.8 Å². The molecule has 0 atom stereocenters. The molecular formula is C19H28N2. The van der Waals surface area contributed by atoms with Gasteiger partial charge in [-0.25, -0.2) is 0 Å². The number of hydrogen-bond donors (Lipinski definition) is 2. The van der Waals surface area contributed by atoms with E-state index < -0.39 is 0 Å². The van der Waals surface area contributed by atoms with Crippen molar-refractivity contribution in [2.75, 3.05) is 17.6 Å². The molecule has 0 saturated heterocycles. The van der Waals surface area contributed by atoms with Crippen LogP contribution in [0.25, 0.3) is 0 Å². The monoisotopic (exact) mass is 284 g/mol. The Bertz CT molecular complexity index is 537. The van der Waals surface area contributed by atoms with E-state index in [-0.39, 0.29) is 0 Å². The third kappa shape index (κ3) is 5.90. The first-order valence-corrected chi connectivity index (χ1v) is 7.63. The van der Waals surface area contributed by atoms with E-state index in [1.54, 1.807) is 0 Å². The van der Waals surface area contributed by atoms with Crippen molar-refractivity contribution in [1.82, 2.24) is 0 Å². The van der Waals surface area contributed by atoms with Crippen molar-refractivity contribution in [3.8, 4) is 0 Å². The average molecular weight is 284 g/mol. The predicted octanol–water partition coefficient (Wildman–Crippen LogP) is 5.16. The maximum Gasteiger partial charge on any atom is 0.0576 e. The molecule has 0 amide bonds. The summed E-state index contributed by atoms with van der Waals surface area (Å²) in [6.45, 7) is 9.25. The van der Waals surface area contributed by atoms with E-state index in [1.807, 2.05) is 19.1 Å². The summed E-state index contributed by atoms with van der Waals surface area (Å²) >= 11 is 0. The minimum absolute atomic E-state index is 0.831. The SMILES string of the molecule is C\C=C/C=C\C(=C/C)CCCNc1cc(C)c(C)cc1N. The Hall–Kier alpha value is -1.96. The first kappa shape index (κ1) is 17.1. The lowest BCUT2D eigenvalue weighted by atomic mass is 10.1. The summed E-state index contributed by atoms with van der Waals surface area (Å²) in [6.07, 6.45) is 12.7. The van der Waals surface area contributed by atoms with Gasteiger partial charge in [0, 0.05) is 6.54 Å². The number of anilines is 2. The van der Waals surface area contributed by atoms with Crippen molar-refractivity contribution in [1.29, 1.82) is 0 Å². The molecule has 0 heterocycles. The number of hydrogen-bond acceptors (Lipinski definition) is 2. The first-order chi connectivity index (χ1) is 10.1. The van der Waals surface area contributed by atoms with E-state index in [0.29, 0.717) is 0 Å². The molecule has 0 aliphatic carbocycles. The average Bonchev–Trinajstić information content (AvgIpc) is 2.46. The molecule has 1 rings (SSSR count). The van der Waals surface area contributed by atoms with Crippen molar-refractivity contribution < 1.29 is 0 Å². The normalized spacial score (nSPS) is 12.5. The number of aryl methyl sites for hydroxylation is 2. The minimum Gasteiger partial charge on any atom is -0.397 e. The molecule has 2 nitrogen and oxygen atoms in total. The third-order valence-electron chi connectivity index (χ3n) is 3.61. The molecule has 0 bridgehead atoms. The topological polar surface area (TPSA) is 38.0 Å². The van der Waals surface area contributed by atoms with E-state index in [2.05, 4.69) is 56.5 Å². The van der Waals surface area contributed by atoms with E-state index in [0.717, 1.165) is 30.8 Å². The molecule has 0 aromatic heterocycles. The van der Waals surface area contributed by atoms with E-state index in [9.17, 15) is 0 Å². The molecular weight excluding hydrogens is 256 g/mol. The van der Waals surface area contributed by atoms with Gasteiger partial charge in [0.15, 0.2) is 0 Å². The molecule has 2 heteroatoms. The van der Waals surface area contributed by atoms with E-state index >= 15 is 0 Å². The molecule has 21 heavy (non-hydrogen) atoms. The Kier molecular flexibility index (Phi) is 7.38. The second-order valence-electron chi connectivity index (χ2n) is 5.30. The quantitative estimate of drug-likeness (QED) is 0.412. The highest BCUT2D eigenvalue weighted by Gasteiger charge is 2.02. The molecule has 0 fully saturated rings. The standard InChI is InChI=1S/C19H28N2/c1-5-7-8-10-17(6-2)11-9-12-21-19-14-16(4)15(3)13-18(19)20/h5-8,10,13-14,21H,9,11-12,20H2,1-4H3/b7-5-,10-8-,17-6+. The van der Waals surface area contributed by atoms with Gasteiger partial charge in [-0.05, 0) is 63.8 Å². The second-order valence-corrected chi connectivity index (χ2v) is 5.30. The van der Waals surface area contributed by atoms with Crippen molar-refractivity contribution in [3.05, 3.63) is 59.2 Å². The Labute approximate surface area is 129 Å². The summed E-state index contributed by atoms with van der Waals surface area (Å²) in [5.74, 6) is 0. The van der Waals surface area contributed by atoms with Crippen molar-refractivity contribution in [2.24, 2.45) is 0 Å². The van der Waals surface area contributed by atoms with Crippen LogP contribution in [0.15, 0.2) is 48.1 Å². The second kappa shape index (κ2) is 9.06. The lowest BCUT2D eigenvalue weighted by Crippen LogP contribution is -2.05. The lowest BCUT2D eigenvalue weighted by molar-refractivity contribution is 0.865. The fourth-order valence-corrected chi connectivity index (χ4v) is 2.12. The van der Waals surface area contributed by atoms with Crippen LogP contribution < -0.4 is 11.1 Å². The zero-order valence-corrected chi connectivity index (χ0v) is 13.7. The Morgan fingerprint density at radius 2 is 1.86 bits per heavy atom. The molecule has 0 aliphatic rings. The van der Waals surface area contributed by atoms with Gasteiger partial charge >= 0.3 is 0 Å². The summed E-state index contributed by atoms with van der Waals surface area (Å²) in [6, 6.07) is 4.17. The molecule has 0 saturated carbocycles. The maximum absolute atomic E-state index is 6.05. The van der Waals surface area contributed by atoms with Gasteiger partial charge in [0.2, 0.25) is 0 Å². The molecule has 0 spiro atoms. The van der Waals surface area contributed by atoms with Crippen molar-refractivity contribution >= 4 is 11.4 Å². The highest BCUT2D eigenvalue weighted by atomic mass is 14.9. The van der Waals surface area contributed by atoms with Gasteiger partial charge < -0.3 is 11.1 Å². The van der Waals surface area contributed by atoms with Gasteiger partial charge in [-0.3, -0.25) is 0 Å². The predicted molar refractivity (Wildman–Crippen MR) is 95.8 cm³/mol. The molecule has 114 valence electrons. The Morgan fingerprint density at radius 1 is 1.14 bits per heavy atom. The maximum atomic E-state index is 6.05. The number of nitrogen functional groups attached to an aromatic ring is 1. The fraction of sp³-hybridized carbons (Fsp3) is 0.368. The molecule has 0 radical (unpaired) electrons. The summed E-state index contributed by atoms with van der Waals surface area (Å²) in [7, 11) is 0. The Morgan fingerprint density at radius 3 is 2.52 bits per heavy atom. The van der Waals surface area contributed by atoms with Gasteiger partial charge in [-0.1, -0.05) is 36.0 Å². The van der Waals surface area contributed by atoms with Gasteiger partial charge in [0.1, 0.15) is 0 Å². The van der Waals surface area contributed by atoms with Gasteiger partial charge in [-0.2, -0.15) is 0 Å². The summed E-state index contributed by atoms with van der Waals surface area (Å²) in [5.41, 5.74) is 11.8. The van der Waals surface area contributed by atoms with Crippen LogP contribution in [0.4, 0.5) is 11.4 Å². The molecule has 3 N–H and O–H groups in total. The molecule has 1 aromatic carbocycles. The van der Waals surface area contributed by atoms with Crippen LogP contribution in [0.5, 0.6) is 0 Å². The number of allylic oxidation sites excluding steroid dienone is 6. The van der Waals surface area contributed by atoms with Crippen molar-refractivity contribution in [2.45, 2.75) is 40.5 Å². The largest absolute Gasteiger partial charge is 0.397 e. The number of benzene rings is 1. The fourth-order valence-electron chi connectivity index (χ4n) is 2.12. The van der Waals surface area contributed by atoms with Crippen LogP contribution in [0.2, 0.25) is 0 Å². The third-order valence-corrected chi connectivity index (χ3v) is 3.61. The van der Waals surface area contributed by atoms with Gasteiger partial charge in [-0.15, -0.1) is 0 Å². The van der Waals surface area contributed by atoms with Crippen LogP contribution >= 0.6 is 0 Å². The number of rotatable bonds is 7. The van der Waals surface area contributed by atoms with Crippen LogP contribution in [0.3, 0.4) is 0 Å².